The Morgan fingerprint density at radius 3 is 2.79 bits per heavy atom. The van der Waals surface area contributed by atoms with Gasteiger partial charge in [-0.2, -0.15) is 0 Å². The summed E-state index contributed by atoms with van der Waals surface area (Å²) >= 11 is 3.22. The van der Waals surface area contributed by atoms with E-state index in [0.717, 1.165) is 6.42 Å². The third kappa shape index (κ3) is 5.25. The van der Waals surface area contributed by atoms with Crippen LogP contribution >= 0.6 is 15.9 Å². The van der Waals surface area contributed by atoms with E-state index in [1.54, 1.807) is 6.07 Å². The van der Waals surface area contributed by atoms with Gasteiger partial charge in [0.2, 0.25) is 5.91 Å². The van der Waals surface area contributed by atoms with Crippen molar-refractivity contribution in [2.24, 2.45) is 0 Å². The van der Waals surface area contributed by atoms with E-state index in [9.17, 15) is 9.59 Å². The molecule has 4 N–H and O–H groups in total. The van der Waals surface area contributed by atoms with Crippen molar-refractivity contribution in [2.45, 2.75) is 19.8 Å². The molecule has 7 heteroatoms. The van der Waals surface area contributed by atoms with Crippen molar-refractivity contribution in [2.75, 3.05) is 18.8 Å². The van der Waals surface area contributed by atoms with Crippen LogP contribution in [-0.4, -0.2) is 29.9 Å². The standard InChI is InChI=1S/C12H17BrN4O2/c1-2-4-15-10(18)3-5-16-12(19)9-6-8(13)7-17-11(9)14/h6-7H,2-5H2,1H3,(H2,14,17)(H,15,18)(H,16,19). The first-order chi connectivity index (χ1) is 9.04. The summed E-state index contributed by atoms with van der Waals surface area (Å²) in [4.78, 5) is 27.0. The molecule has 0 bridgehead atoms. The summed E-state index contributed by atoms with van der Waals surface area (Å²) in [5.74, 6) is -0.256. The van der Waals surface area contributed by atoms with Crippen LogP contribution in [0.5, 0.6) is 0 Å². The number of anilines is 1. The monoisotopic (exact) mass is 328 g/mol. The number of halogens is 1. The van der Waals surface area contributed by atoms with E-state index < -0.39 is 0 Å². The molecular weight excluding hydrogens is 312 g/mol. The van der Waals surface area contributed by atoms with Crippen molar-refractivity contribution in [3.63, 3.8) is 0 Å². The van der Waals surface area contributed by atoms with Crippen molar-refractivity contribution in [3.05, 3.63) is 22.3 Å². The molecule has 0 aromatic carbocycles. The van der Waals surface area contributed by atoms with Crippen molar-refractivity contribution in [1.29, 1.82) is 0 Å². The zero-order valence-electron chi connectivity index (χ0n) is 10.7. The van der Waals surface area contributed by atoms with Gasteiger partial charge in [-0.25, -0.2) is 4.98 Å². The van der Waals surface area contributed by atoms with E-state index in [2.05, 4.69) is 31.5 Å². The topological polar surface area (TPSA) is 97.1 Å². The van der Waals surface area contributed by atoms with Gasteiger partial charge in [-0.3, -0.25) is 9.59 Å². The molecule has 104 valence electrons. The van der Waals surface area contributed by atoms with Crippen molar-refractivity contribution >= 4 is 33.6 Å². The molecule has 0 spiro atoms. The molecule has 0 atom stereocenters. The Kier molecular flexibility index (Phi) is 6.27. The van der Waals surface area contributed by atoms with Crippen LogP contribution in [0.25, 0.3) is 0 Å². The van der Waals surface area contributed by atoms with Crippen LogP contribution in [0.1, 0.15) is 30.1 Å². The average Bonchev–Trinajstić information content (AvgIpc) is 2.39. The number of carbonyl (C=O) groups excluding carboxylic acids is 2. The number of nitrogens with two attached hydrogens (primary N) is 1. The highest BCUT2D eigenvalue weighted by atomic mass is 79.9. The predicted octanol–water partition coefficient (Wildman–Crippen LogP) is 1.07. The molecule has 1 heterocycles. The highest BCUT2D eigenvalue weighted by Crippen LogP contribution is 2.15. The van der Waals surface area contributed by atoms with Gasteiger partial charge in [-0.05, 0) is 28.4 Å². The van der Waals surface area contributed by atoms with Gasteiger partial charge in [0.15, 0.2) is 0 Å². The number of hydrogen-bond donors (Lipinski definition) is 3. The summed E-state index contributed by atoms with van der Waals surface area (Å²) in [6.45, 7) is 2.89. The summed E-state index contributed by atoms with van der Waals surface area (Å²) in [6.07, 6.45) is 2.65. The fourth-order valence-corrected chi connectivity index (χ4v) is 1.70. The summed E-state index contributed by atoms with van der Waals surface area (Å²) in [6, 6.07) is 1.59. The number of carbonyl (C=O) groups is 2. The normalized spacial score (nSPS) is 10.0. The number of nitrogens with one attached hydrogen (secondary N) is 2. The Morgan fingerprint density at radius 2 is 2.11 bits per heavy atom. The molecule has 0 saturated carbocycles. The molecule has 2 amide bonds. The fraction of sp³-hybridized carbons (Fsp3) is 0.417. The van der Waals surface area contributed by atoms with Gasteiger partial charge in [-0.1, -0.05) is 6.92 Å². The van der Waals surface area contributed by atoms with Crippen LogP contribution in [0.4, 0.5) is 5.82 Å². The minimum absolute atomic E-state index is 0.0810. The van der Waals surface area contributed by atoms with Gasteiger partial charge < -0.3 is 16.4 Å². The maximum Gasteiger partial charge on any atom is 0.255 e. The van der Waals surface area contributed by atoms with Crippen LogP contribution in [0.3, 0.4) is 0 Å². The zero-order chi connectivity index (χ0) is 14.3. The summed E-state index contributed by atoms with van der Waals surface area (Å²) < 4.78 is 0.674. The highest BCUT2D eigenvalue weighted by molar-refractivity contribution is 9.10. The van der Waals surface area contributed by atoms with Crippen LogP contribution in [-0.2, 0) is 4.79 Å². The minimum atomic E-state index is -0.338. The lowest BCUT2D eigenvalue weighted by atomic mass is 10.2. The van der Waals surface area contributed by atoms with E-state index in [1.807, 2.05) is 6.92 Å². The first-order valence-electron chi connectivity index (χ1n) is 6.00. The molecule has 1 aromatic heterocycles. The van der Waals surface area contributed by atoms with Crippen LogP contribution in [0.15, 0.2) is 16.7 Å². The van der Waals surface area contributed by atoms with Gasteiger partial charge >= 0.3 is 0 Å². The van der Waals surface area contributed by atoms with Crippen molar-refractivity contribution in [1.82, 2.24) is 15.6 Å². The van der Waals surface area contributed by atoms with Gasteiger partial charge in [0.1, 0.15) is 5.82 Å². The van der Waals surface area contributed by atoms with Crippen molar-refractivity contribution in [3.8, 4) is 0 Å². The molecule has 1 aromatic rings. The minimum Gasteiger partial charge on any atom is -0.383 e. The Labute approximate surface area is 120 Å². The van der Waals surface area contributed by atoms with E-state index in [1.165, 1.54) is 6.20 Å². The molecule has 0 saturated heterocycles. The van der Waals surface area contributed by atoms with E-state index in [4.69, 9.17) is 5.73 Å². The maximum atomic E-state index is 11.8. The number of amides is 2. The lowest BCUT2D eigenvalue weighted by Gasteiger charge is -2.07. The van der Waals surface area contributed by atoms with Crippen LogP contribution < -0.4 is 16.4 Å². The Bertz CT molecular complexity index is 465. The fourth-order valence-electron chi connectivity index (χ4n) is 1.37. The molecule has 0 fully saturated rings. The van der Waals surface area contributed by atoms with Crippen molar-refractivity contribution < 1.29 is 9.59 Å². The van der Waals surface area contributed by atoms with E-state index in [0.29, 0.717) is 16.6 Å². The SMILES string of the molecule is CCCNC(=O)CCNC(=O)c1cc(Br)cnc1N. The lowest BCUT2D eigenvalue weighted by Crippen LogP contribution is -2.31. The van der Waals surface area contributed by atoms with E-state index >= 15 is 0 Å². The number of nitrogens with zero attached hydrogens (tertiary/aromatic N) is 1. The third-order valence-electron chi connectivity index (χ3n) is 2.34. The molecule has 1 rings (SSSR count). The Balaban J connectivity index is 2.43. The molecule has 0 unspecified atom stereocenters. The second-order valence-corrected chi connectivity index (χ2v) is 4.86. The quantitative estimate of drug-likeness (QED) is 0.727. The van der Waals surface area contributed by atoms with E-state index in [-0.39, 0.29) is 30.6 Å². The Hall–Kier alpha value is -1.63. The molecule has 0 aliphatic rings. The molecule has 19 heavy (non-hydrogen) atoms. The zero-order valence-corrected chi connectivity index (χ0v) is 12.3. The summed E-state index contributed by atoms with van der Waals surface area (Å²) in [5.41, 5.74) is 5.91. The Morgan fingerprint density at radius 1 is 1.37 bits per heavy atom. The number of nitrogen functional groups attached to an aromatic ring is 1. The molecule has 0 radical (unpaired) electrons. The largest absolute Gasteiger partial charge is 0.383 e. The third-order valence-corrected chi connectivity index (χ3v) is 2.77. The first-order valence-corrected chi connectivity index (χ1v) is 6.79. The number of pyridine rings is 1. The molecule has 0 aliphatic carbocycles. The highest BCUT2D eigenvalue weighted by Gasteiger charge is 2.11. The van der Waals surface area contributed by atoms with Gasteiger partial charge in [0.25, 0.3) is 5.91 Å². The average molecular weight is 329 g/mol. The summed E-state index contributed by atoms with van der Waals surface area (Å²) in [5, 5.41) is 5.37. The molecule has 0 aliphatic heterocycles. The summed E-state index contributed by atoms with van der Waals surface area (Å²) in [7, 11) is 0. The number of rotatable bonds is 6. The van der Waals surface area contributed by atoms with Crippen LogP contribution in [0, 0.1) is 0 Å². The smallest absolute Gasteiger partial charge is 0.255 e. The maximum absolute atomic E-state index is 11.8. The van der Waals surface area contributed by atoms with Gasteiger partial charge in [0.05, 0.1) is 5.56 Å². The number of hydrogen-bond acceptors (Lipinski definition) is 4. The van der Waals surface area contributed by atoms with Gasteiger partial charge in [-0.15, -0.1) is 0 Å². The first kappa shape index (κ1) is 15.4. The lowest BCUT2D eigenvalue weighted by molar-refractivity contribution is -0.120. The number of aromatic nitrogens is 1. The second-order valence-electron chi connectivity index (χ2n) is 3.94. The second kappa shape index (κ2) is 7.73. The van der Waals surface area contributed by atoms with Gasteiger partial charge in [0, 0.05) is 30.2 Å². The molecular formula is C12H17BrN4O2. The molecule has 6 nitrogen and oxygen atoms in total. The predicted molar refractivity (Wildman–Crippen MR) is 76.6 cm³/mol. The van der Waals surface area contributed by atoms with Crippen LogP contribution in [0.2, 0.25) is 0 Å².